The van der Waals surface area contributed by atoms with E-state index in [0.29, 0.717) is 25.6 Å². The SMILES string of the molecule is COc1c([C@H]2[C@H](C(=O)Nc3cc(C(N)=O)nc(N4CCN(C)C4)c3)O[C@@](C)(C(F)(F)F)[C@H]2C)ccc(F)c1F. The van der Waals surface area contributed by atoms with E-state index in [1.165, 1.54) is 19.1 Å². The molecule has 2 aliphatic rings. The Morgan fingerprint density at radius 1 is 1.23 bits per heavy atom. The molecule has 2 aromatic rings. The molecule has 3 heterocycles. The maximum absolute atomic E-state index is 14.6. The first-order chi connectivity index (χ1) is 18.2. The second kappa shape index (κ2) is 10.2. The topological polar surface area (TPSA) is 110 Å². The average molecular weight is 558 g/mol. The van der Waals surface area contributed by atoms with E-state index < -0.39 is 58.9 Å². The number of carbonyl (C=O) groups excluding carboxylic acids is 2. The van der Waals surface area contributed by atoms with Gasteiger partial charge in [-0.25, -0.2) is 9.37 Å². The number of halogens is 5. The lowest BCUT2D eigenvalue weighted by Gasteiger charge is -2.32. The molecule has 14 heteroatoms. The van der Waals surface area contributed by atoms with Crippen molar-refractivity contribution in [3.05, 3.63) is 47.2 Å². The van der Waals surface area contributed by atoms with Gasteiger partial charge in [-0.15, -0.1) is 0 Å². The van der Waals surface area contributed by atoms with E-state index in [-0.39, 0.29) is 16.9 Å². The zero-order valence-electron chi connectivity index (χ0n) is 21.6. The summed E-state index contributed by atoms with van der Waals surface area (Å²) in [5.74, 6) is -7.64. The van der Waals surface area contributed by atoms with Gasteiger partial charge in [0.15, 0.2) is 17.2 Å². The minimum absolute atomic E-state index is 0.0428. The Kier molecular flexibility index (Phi) is 7.47. The first-order valence-electron chi connectivity index (χ1n) is 12.0. The Morgan fingerprint density at radius 3 is 2.49 bits per heavy atom. The Morgan fingerprint density at radius 2 is 1.92 bits per heavy atom. The minimum atomic E-state index is -4.91. The number of ether oxygens (including phenoxy) is 2. The number of benzene rings is 1. The minimum Gasteiger partial charge on any atom is -0.493 e. The van der Waals surface area contributed by atoms with Crippen LogP contribution in [0.15, 0.2) is 24.3 Å². The zero-order chi connectivity index (χ0) is 28.9. The van der Waals surface area contributed by atoms with Gasteiger partial charge in [0, 0.05) is 42.2 Å². The van der Waals surface area contributed by atoms with Crippen LogP contribution in [0.2, 0.25) is 0 Å². The number of amides is 2. The summed E-state index contributed by atoms with van der Waals surface area (Å²) in [4.78, 5) is 33.5. The van der Waals surface area contributed by atoms with Crippen LogP contribution in [0.5, 0.6) is 5.75 Å². The van der Waals surface area contributed by atoms with Crippen molar-refractivity contribution in [1.29, 1.82) is 0 Å². The van der Waals surface area contributed by atoms with Crippen LogP contribution < -0.4 is 20.7 Å². The summed E-state index contributed by atoms with van der Waals surface area (Å²) in [6.45, 7) is 3.78. The molecule has 2 aliphatic heterocycles. The van der Waals surface area contributed by atoms with Gasteiger partial charge < -0.3 is 25.4 Å². The molecule has 1 aromatic heterocycles. The summed E-state index contributed by atoms with van der Waals surface area (Å²) in [6.07, 6.45) is -6.70. The molecule has 0 bridgehead atoms. The van der Waals surface area contributed by atoms with Crippen molar-refractivity contribution in [2.75, 3.05) is 44.1 Å². The van der Waals surface area contributed by atoms with Crippen molar-refractivity contribution < 1.29 is 41.0 Å². The summed E-state index contributed by atoms with van der Waals surface area (Å²) in [7, 11) is 2.92. The number of primary amides is 1. The van der Waals surface area contributed by atoms with Crippen LogP contribution in [0.4, 0.5) is 33.5 Å². The van der Waals surface area contributed by atoms with Crippen molar-refractivity contribution in [2.24, 2.45) is 11.7 Å². The highest BCUT2D eigenvalue weighted by Gasteiger charge is 2.66. The summed E-state index contributed by atoms with van der Waals surface area (Å²) in [5.41, 5.74) is 2.32. The third-order valence-electron chi connectivity index (χ3n) is 7.39. The summed E-state index contributed by atoms with van der Waals surface area (Å²) >= 11 is 0. The molecule has 1 aromatic carbocycles. The lowest BCUT2D eigenvalue weighted by atomic mass is 9.77. The second-order valence-electron chi connectivity index (χ2n) is 9.88. The number of nitrogens with one attached hydrogen (secondary N) is 1. The van der Waals surface area contributed by atoms with Crippen LogP contribution in [0, 0.1) is 17.6 Å². The lowest BCUT2D eigenvalue weighted by molar-refractivity contribution is -0.272. The lowest BCUT2D eigenvalue weighted by Crippen LogP contribution is -2.47. The van der Waals surface area contributed by atoms with E-state index in [1.807, 2.05) is 16.8 Å². The maximum Gasteiger partial charge on any atom is 0.417 e. The Bertz CT molecular complexity index is 1290. The van der Waals surface area contributed by atoms with Gasteiger partial charge in [0.05, 0.1) is 13.8 Å². The van der Waals surface area contributed by atoms with Gasteiger partial charge in [-0.05, 0) is 26.1 Å². The fourth-order valence-electron chi connectivity index (χ4n) is 5.04. The number of methoxy groups -OCH3 is 1. The summed E-state index contributed by atoms with van der Waals surface area (Å²) in [5, 5.41) is 2.50. The Labute approximate surface area is 221 Å². The Balaban J connectivity index is 1.75. The molecule has 2 saturated heterocycles. The van der Waals surface area contributed by atoms with Gasteiger partial charge in [0.1, 0.15) is 17.6 Å². The molecule has 4 rings (SSSR count). The number of hydrogen-bond acceptors (Lipinski definition) is 7. The average Bonchev–Trinajstić information content (AvgIpc) is 3.42. The highest BCUT2D eigenvalue weighted by Crippen LogP contribution is 2.55. The second-order valence-corrected chi connectivity index (χ2v) is 9.88. The van der Waals surface area contributed by atoms with Crippen LogP contribution >= 0.6 is 0 Å². The smallest absolute Gasteiger partial charge is 0.417 e. The van der Waals surface area contributed by atoms with E-state index in [4.69, 9.17) is 15.2 Å². The van der Waals surface area contributed by atoms with Crippen LogP contribution in [-0.2, 0) is 9.53 Å². The fourth-order valence-corrected chi connectivity index (χ4v) is 5.04. The number of nitrogens with zero attached hydrogens (tertiary/aromatic N) is 3. The predicted octanol–water partition coefficient (Wildman–Crippen LogP) is 3.25. The number of nitrogens with two attached hydrogens (primary N) is 1. The van der Waals surface area contributed by atoms with Crippen LogP contribution in [0.1, 0.15) is 35.8 Å². The third-order valence-corrected chi connectivity index (χ3v) is 7.39. The van der Waals surface area contributed by atoms with Gasteiger partial charge in [-0.2, -0.15) is 17.6 Å². The quantitative estimate of drug-likeness (QED) is 0.525. The third kappa shape index (κ3) is 5.10. The predicted molar refractivity (Wildman–Crippen MR) is 130 cm³/mol. The van der Waals surface area contributed by atoms with Crippen molar-refractivity contribution in [2.45, 2.75) is 37.6 Å². The molecule has 212 valence electrons. The van der Waals surface area contributed by atoms with Crippen LogP contribution in [0.25, 0.3) is 0 Å². The van der Waals surface area contributed by atoms with Crippen molar-refractivity contribution >= 4 is 23.3 Å². The Hall–Kier alpha value is -3.52. The molecule has 0 saturated carbocycles. The maximum atomic E-state index is 14.6. The molecule has 39 heavy (non-hydrogen) atoms. The molecule has 0 aliphatic carbocycles. The normalized spacial score (nSPS) is 25.7. The highest BCUT2D eigenvalue weighted by atomic mass is 19.4. The molecule has 2 amide bonds. The number of alkyl halides is 3. The number of likely N-dealkylation sites (N-methyl/N-ethyl adjacent to an activating group) is 1. The molecule has 4 atom stereocenters. The van der Waals surface area contributed by atoms with Gasteiger partial charge in [-0.3, -0.25) is 14.5 Å². The van der Waals surface area contributed by atoms with E-state index in [1.54, 1.807) is 0 Å². The first-order valence-corrected chi connectivity index (χ1v) is 12.0. The van der Waals surface area contributed by atoms with Crippen molar-refractivity contribution in [3.63, 3.8) is 0 Å². The van der Waals surface area contributed by atoms with Crippen molar-refractivity contribution in [1.82, 2.24) is 9.88 Å². The number of hydrogen-bond donors (Lipinski definition) is 2. The molecule has 3 N–H and O–H groups in total. The standard InChI is InChI=1S/C25H28F5N5O4/c1-12-18(14-5-6-15(26)19(27)20(14)38-4)21(39-24(12,2)25(28,29)30)23(37)32-13-9-16(22(31)36)33-17(10-13)35-8-7-34(3)11-35/h5-6,9-10,12,18,21H,7-8,11H2,1-4H3,(H2,31,36)(H,32,33,37)/t12-,18-,21+,24+/m0/s1. The summed E-state index contributed by atoms with van der Waals surface area (Å²) < 4.78 is 81.4. The van der Waals surface area contributed by atoms with Gasteiger partial charge in [0.2, 0.25) is 5.82 Å². The van der Waals surface area contributed by atoms with Gasteiger partial charge in [0.25, 0.3) is 11.8 Å². The monoisotopic (exact) mass is 557 g/mol. The van der Waals surface area contributed by atoms with Crippen LogP contribution in [0.3, 0.4) is 0 Å². The number of pyridine rings is 1. The molecule has 0 unspecified atom stereocenters. The number of anilines is 2. The van der Waals surface area contributed by atoms with Gasteiger partial charge in [-0.1, -0.05) is 13.0 Å². The van der Waals surface area contributed by atoms with Gasteiger partial charge >= 0.3 is 6.18 Å². The number of carbonyl (C=O) groups is 2. The molecular formula is C25H28F5N5O4. The molecule has 2 fully saturated rings. The van der Waals surface area contributed by atoms with Crippen LogP contribution in [-0.4, -0.2) is 73.5 Å². The molecule has 0 spiro atoms. The fraction of sp³-hybridized carbons (Fsp3) is 0.480. The van der Waals surface area contributed by atoms with E-state index in [0.717, 1.165) is 26.2 Å². The molecule has 0 radical (unpaired) electrons. The largest absolute Gasteiger partial charge is 0.493 e. The van der Waals surface area contributed by atoms with E-state index >= 15 is 0 Å². The number of rotatable bonds is 6. The summed E-state index contributed by atoms with van der Waals surface area (Å²) in [6, 6.07) is 4.47. The van der Waals surface area contributed by atoms with E-state index in [9.17, 15) is 31.5 Å². The molecule has 9 nitrogen and oxygen atoms in total. The van der Waals surface area contributed by atoms with Crippen molar-refractivity contribution in [3.8, 4) is 5.75 Å². The van der Waals surface area contributed by atoms with E-state index in [2.05, 4.69) is 10.3 Å². The first kappa shape index (κ1) is 28.5. The zero-order valence-corrected chi connectivity index (χ0v) is 21.6. The highest BCUT2D eigenvalue weighted by molar-refractivity contribution is 5.98. The molecular weight excluding hydrogens is 529 g/mol. The number of aromatic nitrogens is 1.